The highest BCUT2D eigenvalue weighted by Gasteiger charge is 2.25. The Morgan fingerprint density at radius 2 is 1.58 bits per heavy atom. The van der Waals surface area contributed by atoms with E-state index in [9.17, 15) is 14.0 Å². The number of carbonyl (C=O) groups is 2. The molecular formula is C24H18FNO4S. The monoisotopic (exact) mass is 435 g/mol. The van der Waals surface area contributed by atoms with Crippen LogP contribution in [0, 0.1) is 5.82 Å². The van der Waals surface area contributed by atoms with Crippen molar-refractivity contribution >= 4 is 29.0 Å². The van der Waals surface area contributed by atoms with Crippen molar-refractivity contribution in [1.82, 2.24) is 5.32 Å². The average Bonchev–Trinajstić information content (AvgIpc) is 3.10. The second-order valence-corrected chi connectivity index (χ2v) is 7.76. The first kappa shape index (κ1) is 20.7. The summed E-state index contributed by atoms with van der Waals surface area (Å²) in [6, 6.07) is 21.1. The third-order valence-corrected chi connectivity index (χ3v) is 5.28. The summed E-state index contributed by atoms with van der Waals surface area (Å²) in [6.45, 7) is 0.600. The van der Waals surface area contributed by atoms with Crippen molar-refractivity contribution in [2.75, 3.05) is 0 Å². The van der Waals surface area contributed by atoms with Crippen molar-refractivity contribution < 1.29 is 23.5 Å². The molecule has 1 aliphatic rings. The van der Waals surface area contributed by atoms with Crippen LogP contribution < -0.4 is 14.8 Å². The minimum absolute atomic E-state index is 0.205. The van der Waals surface area contributed by atoms with E-state index in [1.54, 1.807) is 36.4 Å². The summed E-state index contributed by atoms with van der Waals surface area (Å²) >= 11 is 0.838. The van der Waals surface area contributed by atoms with E-state index < -0.39 is 11.1 Å². The lowest BCUT2D eigenvalue weighted by Crippen LogP contribution is -2.17. The Kier molecular flexibility index (Phi) is 6.33. The molecule has 5 nitrogen and oxygen atoms in total. The molecule has 1 fully saturated rings. The van der Waals surface area contributed by atoms with Crippen molar-refractivity contribution in [2.45, 2.75) is 13.2 Å². The van der Waals surface area contributed by atoms with Crippen molar-refractivity contribution in [1.29, 1.82) is 0 Å². The van der Waals surface area contributed by atoms with Gasteiger partial charge in [-0.05, 0) is 53.2 Å². The number of thioether (sulfide) groups is 1. The molecule has 0 atom stereocenters. The Morgan fingerprint density at radius 3 is 2.29 bits per heavy atom. The molecule has 1 aliphatic heterocycles. The normalized spacial score (nSPS) is 14.5. The van der Waals surface area contributed by atoms with Crippen LogP contribution >= 0.6 is 11.8 Å². The Labute approximate surface area is 182 Å². The highest BCUT2D eigenvalue weighted by atomic mass is 32.2. The van der Waals surface area contributed by atoms with Crippen LogP contribution in [0.3, 0.4) is 0 Å². The molecule has 3 aromatic rings. The minimum atomic E-state index is -0.441. The number of ether oxygens (including phenoxy) is 2. The third kappa shape index (κ3) is 5.52. The van der Waals surface area contributed by atoms with E-state index >= 15 is 0 Å². The van der Waals surface area contributed by atoms with Crippen LogP contribution in [0.4, 0.5) is 9.18 Å². The number of imide groups is 1. The molecule has 0 aromatic heterocycles. The van der Waals surface area contributed by atoms with Gasteiger partial charge in [0.25, 0.3) is 11.1 Å². The van der Waals surface area contributed by atoms with E-state index in [1.807, 2.05) is 30.3 Å². The van der Waals surface area contributed by atoms with E-state index in [2.05, 4.69) is 5.32 Å². The fourth-order valence-corrected chi connectivity index (χ4v) is 3.57. The second-order valence-electron chi connectivity index (χ2n) is 6.74. The topological polar surface area (TPSA) is 64.6 Å². The maximum Gasteiger partial charge on any atom is 0.290 e. The van der Waals surface area contributed by atoms with Gasteiger partial charge in [0.2, 0.25) is 0 Å². The Bertz CT molecular complexity index is 1130. The molecule has 0 aliphatic carbocycles. The number of carbonyl (C=O) groups excluding carboxylic acids is 2. The maximum absolute atomic E-state index is 13.2. The molecule has 3 aromatic carbocycles. The Morgan fingerprint density at radius 1 is 0.871 bits per heavy atom. The smallest absolute Gasteiger partial charge is 0.290 e. The lowest BCUT2D eigenvalue weighted by Gasteiger charge is -2.13. The van der Waals surface area contributed by atoms with Crippen molar-refractivity contribution in [3.05, 3.63) is 100 Å². The molecule has 1 saturated heterocycles. The van der Waals surface area contributed by atoms with Gasteiger partial charge in [-0.25, -0.2) is 4.39 Å². The summed E-state index contributed by atoms with van der Waals surface area (Å²) in [5.41, 5.74) is 2.44. The molecule has 1 heterocycles. The Hall–Kier alpha value is -3.58. The largest absolute Gasteiger partial charge is 0.489 e. The molecule has 0 bridgehead atoms. The van der Waals surface area contributed by atoms with Gasteiger partial charge in [-0.15, -0.1) is 0 Å². The summed E-state index contributed by atoms with van der Waals surface area (Å²) in [7, 11) is 0. The van der Waals surface area contributed by atoms with Crippen molar-refractivity contribution in [3.8, 4) is 11.5 Å². The average molecular weight is 435 g/mol. The van der Waals surface area contributed by atoms with E-state index in [4.69, 9.17) is 9.47 Å². The first-order chi connectivity index (χ1) is 15.1. The number of benzene rings is 3. The molecule has 156 valence electrons. The lowest BCUT2D eigenvalue weighted by molar-refractivity contribution is -0.115. The fraction of sp³-hybridized carbons (Fsp3) is 0.0833. The maximum atomic E-state index is 13.2. The molecule has 31 heavy (non-hydrogen) atoms. The van der Waals surface area contributed by atoms with Gasteiger partial charge >= 0.3 is 0 Å². The predicted octanol–water partition coefficient (Wildman–Crippen LogP) is 5.31. The van der Waals surface area contributed by atoms with Crippen LogP contribution in [0.1, 0.15) is 16.7 Å². The number of amides is 2. The van der Waals surface area contributed by atoms with Gasteiger partial charge in [-0.1, -0.05) is 42.5 Å². The zero-order chi connectivity index (χ0) is 21.6. The quantitative estimate of drug-likeness (QED) is 0.510. The highest BCUT2D eigenvalue weighted by Crippen LogP contribution is 2.32. The minimum Gasteiger partial charge on any atom is -0.489 e. The number of halogens is 1. The second kappa shape index (κ2) is 9.49. The van der Waals surface area contributed by atoms with E-state index in [-0.39, 0.29) is 17.3 Å². The summed E-state index contributed by atoms with van der Waals surface area (Å²) < 4.78 is 25.0. The van der Waals surface area contributed by atoms with E-state index in [0.717, 1.165) is 22.9 Å². The van der Waals surface area contributed by atoms with E-state index in [0.29, 0.717) is 23.7 Å². The zero-order valence-electron chi connectivity index (χ0n) is 16.3. The first-order valence-electron chi connectivity index (χ1n) is 9.50. The molecule has 0 spiro atoms. The molecule has 0 unspecified atom stereocenters. The van der Waals surface area contributed by atoms with Crippen molar-refractivity contribution in [3.63, 3.8) is 0 Å². The van der Waals surface area contributed by atoms with Crippen LogP contribution in [-0.4, -0.2) is 11.1 Å². The molecule has 2 amide bonds. The lowest BCUT2D eigenvalue weighted by atomic mass is 10.1. The van der Waals surface area contributed by atoms with Gasteiger partial charge in [0.15, 0.2) is 0 Å². The van der Waals surface area contributed by atoms with Crippen LogP contribution in [0.25, 0.3) is 6.08 Å². The fourth-order valence-electron chi connectivity index (χ4n) is 2.89. The summed E-state index contributed by atoms with van der Waals surface area (Å²) in [5, 5.41) is 1.83. The van der Waals surface area contributed by atoms with Gasteiger partial charge in [0.1, 0.15) is 30.5 Å². The summed E-state index contributed by atoms with van der Waals surface area (Å²) in [5.74, 6) is 0.318. The van der Waals surface area contributed by atoms with Gasteiger partial charge in [-0.2, -0.15) is 0 Å². The molecule has 4 rings (SSSR count). The molecule has 0 saturated carbocycles. The summed E-state index contributed by atoms with van der Waals surface area (Å²) in [6.07, 6.45) is 1.60. The SMILES string of the molecule is O=C1NC(=O)/C(=C/c2ccc(OCc3ccccc3)cc2OCc2ccc(F)cc2)S1. The highest BCUT2D eigenvalue weighted by molar-refractivity contribution is 8.18. The van der Waals surface area contributed by atoms with Crippen LogP contribution in [-0.2, 0) is 18.0 Å². The van der Waals surface area contributed by atoms with Gasteiger partial charge < -0.3 is 9.47 Å². The van der Waals surface area contributed by atoms with Crippen LogP contribution in [0.5, 0.6) is 11.5 Å². The molecular weight excluding hydrogens is 417 g/mol. The van der Waals surface area contributed by atoms with Crippen LogP contribution in [0.2, 0.25) is 0 Å². The zero-order valence-corrected chi connectivity index (χ0v) is 17.2. The number of rotatable bonds is 7. The molecule has 0 radical (unpaired) electrons. The standard InChI is InChI=1S/C24H18FNO4S/c25-19-9-6-17(7-10-19)15-30-21-13-20(29-14-16-4-2-1-3-5-16)11-8-18(21)12-22-23(27)26-24(28)31-22/h1-13H,14-15H2,(H,26,27,28)/b22-12-. The number of hydrogen-bond acceptors (Lipinski definition) is 5. The number of nitrogens with one attached hydrogen (secondary N) is 1. The molecule has 7 heteroatoms. The van der Waals surface area contributed by atoms with Gasteiger partial charge in [-0.3, -0.25) is 14.9 Å². The number of hydrogen-bond donors (Lipinski definition) is 1. The Balaban J connectivity index is 1.57. The van der Waals surface area contributed by atoms with Gasteiger partial charge in [0, 0.05) is 11.6 Å². The van der Waals surface area contributed by atoms with Gasteiger partial charge in [0.05, 0.1) is 4.91 Å². The third-order valence-electron chi connectivity index (χ3n) is 4.47. The van der Waals surface area contributed by atoms with Crippen molar-refractivity contribution in [2.24, 2.45) is 0 Å². The molecule has 1 N–H and O–H groups in total. The summed E-state index contributed by atoms with van der Waals surface area (Å²) in [4.78, 5) is 23.7. The predicted molar refractivity (Wildman–Crippen MR) is 117 cm³/mol. The van der Waals surface area contributed by atoms with E-state index in [1.165, 1.54) is 12.1 Å². The first-order valence-corrected chi connectivity index (χ1v) is 10.3. The van der Waals surface area contributed by atoms with Crippen LogP contribution in [0.15, 0.2) is 77.7 Å².